The molecule has 0 fully saturated rings. The first-order chi connectivity index (χ1) is 23.7. The van der Waals surface area contributed by atoms with E-state index < -0.39 is 0 Å². The van der Waals surface area contributed by atoms with Crippen LogP contribution >= 0.6 is 0 Å². The van der Waals surface area contributed by atoms with Crippen molar-refractivity contribution in [2.45, 2.75) is 147 Å². The van der Waals surface area contributed by atoms with Gasteiger partial charge < -0.3 is 9.47 Å². The van der Waals surface area contributed by atoms with E-state index in [9.17, 15) is 4.79 Å². The highest BCUT2D eigenvalue weighted by Gasteiger charge is 2.30. The number of nitrogens with zero attached hydrogens (tertiary/aromatic N) is 1. The van der Waals surface area contributed by atoms with Gasteiger partial charge in [-0.3, -0.25) is 9.89 Å². The molecule has 0 aliphatic carbocycles. The Kier molecular flexibility index (Phi) is 24.7. The number of carbonyl (C=O) groups excluding carboxylic acids is 1. The van der Waals surface area contributed by atoms with Crippen LogP contribution in [0.4, 0.5) is 0 Å². The molecule has 0 saturated carbocycles. The van der Waals surface area contributed by atoms with Crippen LogP contribution in [0.25, 0.3) is 16.7 Å². The van der Waals surface area contributed by atoms with Crippen LogP contribution in [0.1, 0.15) is 157 Å². The highest BCUT2D eigenvalue weighted by atomic mass is 16.5. The topological polar surface area (TPSA) is 64.2 Å². The van der Waals surface area contributed by atoms with Gasteiger partial charge in [-0.1, -0.05) is 139 Å². The van der Waals surface area contributed by atoms with Crippen LogP contribution in [0, 0.1) is 11.8 Å². The number of Topliss-reactive ketones (excluding diaryl/α,β-unsaturated/α-hetero) is 1. The second kappa shape index (κ2) is 26.5. The molecule has 2 aromatic carbocycles. The van der Waals surface area contributed by atoms with E-state index in [1.54, 1.807) is 7.11 Å². The largest absolute Gasteiger partial charge is 0.497 e. The first-order valence-corrected chi connectivity index (χ1v) is 19.4. The number of rotatable bonds is 12. The maximum Gasteiger partial charge on any atom is 0.169 e. The van der Waals surface area contributed by atoms with Crippen molar-refractivity contribution in [2.24, 2.45) is 11.8 Å². The highest BCUT2D eigenvalue weighted by molar-refractivity contribution is 6.22. The van der Waals surface area contributed by atoms with Gasteiger partial charge in [0.05, 0.1) is 25.8 Å². The van der Waals surface area contributed by atoms with Gasteiger partial charge in [0.1, 0.15) is 11.5 Å². The van der Waals surface area contributed by atoms with Gasteiger partial charge in [0, 0.05) is 16.8 Å². The Hall–Kier alpha value is -3.34. The normalized spacial score (nSPS) is 14.3. The van der Waals surface area contributed by atoms with Crippen LogP contribution in [-0.2, 0) is 17.6 Å². The number of fused-ring (bicyclic) bond motifs is 1. The molecule has 0 radical (unpaired) electrons. The quantitative estimate of drug-likeness (QED) is 0.194. The van der Waals surface area contributed by atoms with Gasteiger partial charge in [-0.05, 0) is 78.5 Å². The fourth-order valence-corrected chi connectivity index (χ4v) is 5.62. The number of ketones is 1. The van der Waals surface area contributed by atoms with Crippen LogP contribution in [-0.4, -0.2) is 29.7 Å². The summed E-state index contributed by atoms with van der Waals surface area (Å²) in [5.41, 5.74) is 7.46. The van der Waals surface area contributed by atoms with Crippen LogP contribution in [0.15, 0.2) is 48.7 Å². The van der Waals surface area contributed by atoms with Gasteiger partial charge in [0.25, 0.3) is 0 Å². The molecule has 49 heavy (non-hydrogen) atoms. The summed E-state index contributed by atoms with van der Waals surface area (Å²) in [5.74, 6) is 2.79. The van der Waals surface area contributed by atoms with Crippen molar-refractivity contribution in [3.05, 3.63) is 71.1 Å². The Labute approximate surface area is 301 Å². The van der Waals surface area contributed by atoms with Gasteiger partial charge in [0.15, 0.2) is 5.78 Å². The molecule has 276 valence electrons. The Morgan fingerprint density at radius 1 is 0.980 bits per heavy atom. The zero-order valence-corrected chi connectivity index (χ0v) is 33.9. The molecular formula is C44H72N2O3. The van der Waals surface area contributed by atoms with E-state index in [0.29, 0.717) is 18.9 Å². The third-order valence-corrected chi connectivity index (χ3v) is 8.59. The van der Waals surface area contributed by atoms with E-state index in [0.717, 1.165) is 70.2 Å². The average molecular weight is 677 g/mol. The molecule has 3 unspecified atom stereocenters. The summed E-state index contributed by atoms with van der Waals surface area (Å²) in [7, 11) is 1.65. The van der Waals surface area contributed by atoms with E-state index in [2.05, 4.69) is 83.8 Å². The van der Waals surface area contributed by atoms with Gasteiger partial charge in [-0.15, -0.1) is 0 Å². The van der Waals surface area contributed by atoms with E-state index in [-0.39, 0.29) is 11.7 Å². The molecule has 5 nitrogen and oxygen atoms in total. The molecule has 0 spiro atoms. The van der Waals surface area contributed by atoms with Crippen molar-refractivity contribution >= 4 is 11.4 Å². The predicted octanol–water partition coefficient (Wildman–Crippen LogP) is 13.1. The van der Waals surface area contributed by atoms with Crippen molar-refractivity contribution in [3.8, 4) is 22.6 Å². The number of nitrogens with one attached hydrogen (secondary N) is 1. The van der Waals surface area contributed by atoms with Gasteiger partial charge in [-0.2, -0.15) is 5.10 Å². The van der Waals surface area contributed by atoms with Gasteiger partial charge in [0.2, 0.25) is 0 Å². The zero-order valence-electron chi connectivity index (χ0n) is 33.9. The van der Waals surface area contributed by atoms with E-state index in [1.807, 2.05) is 65.1 Å². The molecule has 5 heteroatoms. The second-order valence-corrected chi connectivity index (χ2v) is 12.4. The summed E-state index contributed by atoms with van der Waals surface area (Å²) in [4.78, 5) is 13.8. The molecule has 0 saturated heterocycles. The Balaban J connectivity index is 0.00000141. The standard InChI is InChI=1S/C30H36N2O3.C7H16.C3H8.2C2H6/c1-6-9-28-27(17-31-32-28)20-10-12-25(26(16-20)19(4)7-2)24(8-3)30(33)22-14-21-15-23(34-5)11-13-29(21)35-18-22;1-4-6-7(3)5-2;1-3-2;2*1-2/h8,10-13,15-17,19,22H,6-7,9,14,18H2,1-5H3,(H,31,32);7H,4-6H2,1-3H3;3H2,1-2H3;2*1-2H3/b24-8+;;;;. The van der Waals surface area contributed by atoms with E-state index in [4.69, 9.17) is 9.47 Å². The van der Waals surface area contributed by atoms with Crippen LogP contribution in [0.2, 0.25) is 0 Å². The summed E-state index contributed by atoms with van der Waals surface area (Å²) in [6.45, 7) is 28.0. The summed E-state index contributed by atoms with van der Waals surface area (Å²) in [5, 5.41) is 7.45. The molecule has 0 amide bonds. The Morgan fingerprint density at radius 3 is 2.18 bits per heavy atom. The smallest absolute Gasteiger partial charge is 0.169 e. The summed E-state index contributed by atoms with van der Waals surface area (Å²) in [6, 6.07) is 12.3. The first-order valence-electron chi connectivity index (χ1n) is 19.4. The highest BCUT2D eigenvalue weighted by Crippen LogP contribution is 2.37. The number of carbonyl (C=O) groups is 1. The zero-order chi connectivity index (χ0) is 37.4. The van der Waals surface area contributed by atoms with Gasteiger partial charge in [-0.25, -0.2) is 0 Å². The minimum absolute atomic E-state index is 0.133. The maximum absolute atomic E-state index is 13.8. The number of aromatic amines is 1. The molecule has 1 N–H and O–H groups in total. The number of benzene rings is 2. The monoisotopic (exact) mass is 677 g/mol. The van der Waals surface area contributed by atoms with E-state index >= 15 is 0 Å². The molecule has 1 aromatic heterocycles. The maximum atomic E-state index is 13.8. The van der Waals surface area contributed by atoms with E-state index in [1.165, 1.54) is 31.2 Å². The lowest BCUT2D eigenvalue weighted by molar-refractivity contribution is -0.118. The fourth-order valence-electron chi connectivity index (χ4n) is 5.62. The van der Waals surface area contributed by atoms with Crippen LogP contribution < -0.4 is 9.47 Å². The summed E-state index contributed by atoms with van der Waals surface area (Å²) < 4.78 is 11.4. The summed E-state index contributed by atoms with van der Waals surface area (Å²) in [6.07, 6.45) is 12.9. The molecule has 3 aromatic rings. The van der Waals surface area contributed by atoms with Crippen molar-refractivity contribution < 1.29 is 14.3 Å². The number of allylic oxidation sites excluding steroid dienone is 2. The third-order valence-electron chi connectivity index (χ3n) is 8.59. The minimum Gasteiger partial charge on any atom is -0.497 e. The number of hydrogen-bond donors (Lipinski definition) is 1. The van der Waals surface area contributed by atoms with Crippen LogP contribution in [0.3, 0.4) is 0 Å². The molecule has 1 aliphatic rings. The number of hydrogen-bond acceptors (Lipinski definition) is 4. The molecule has 0 bridgehead atoms. The lowest BCUT2D eigenvalue weighted by Crippen LogP contribution is -2.29. The minimum atomic E-state index is -0.227. The Bertz CT molecular complexity index is 1340. The molecule has 3 atom stereocenters. The van der Waals surface area contributed by atoms with Crippen LogP contribution in [0.5, 0.6) is 11.5 Å². The lowest BCUT2D eigenvalue weighted by atomic mass is 9.82. The lowest BCUT2D eigenvalue weighted by Gasteiger charge is -2.26. The molecule has 2 heterocycles. The van der Waals surface area contributed by atoms with Crippen molar-refractivity contribution in [1.29, 1.82) is 0 Å². The molecule has 1 aliphatic heterocycles. The first kappa shape index (κ1) is 45.7. The van der Waals surface area contributed by atoms with Crippen molar-refractivity contribution in [2.75, 3.05) is 13.7 Å². The number of aromatic nitrogens is 2. The number of methoxy groups -OCH3 is 1. The fraction of sp³-hybridized carbons (Fsp3) is 0.591. The predicted molar refractivity (Wildman–Crippen MR) is 214 cm³/mol. The summed E-state index contributed by atoms with van der Waals surface area (Å²) >= 11 is 0. The van der Waals surface area contributed by atoms with Gasteiger partial charge >= 0.3 is 0 Å². The Morgan fingerprint density at radius 2 is 1.65 bits per heavy atom. The number of ether oxygens (including phenoxy) is 2. The average Bonchev–Trinajstić information content (AvgIpc) is 3.61. The van der Waals surface area contributed by atoms with Crippen molar-refractivity contribution in [1.82, 2.24) is 10.2 Å². The molecule has 4 rings (SSSR count). The molecular weight excluding hydrogens is 604 g/mol. The SMILES string of the molecule is C/C=C(/C(=O)C1COc2ccc(OC)cc2C1)c1ccc(-c2cn[nH]c2CCC)cc1C(C)CC.CC.CC.CCC.CCCC(C)CC. The van der Waals surface area contributed by atoms with Crippen molar-refractivity contribution in [3.63, 3.8) is 0 Å². The second-order valence-electron chi connectivity index (χ2n) is 12.4. The number of aryl methyl sites for hydroxylation is 1. The number of H-pyrrole nitrogens is 1. The third kappa shape index (κ3) is 14.2.